The smallest absolute Gasteiger partial charge is 0.408 e. The Hall–Kier alpha value is -1.42. The Kier molecular flexibility index (Phi) is 8.60. The fourth-order valence-corrected chi connectivity index (χ4v) is 13.4. The van der Waals surface area contributed by atoms with E-state index in [2.05, 4.69) is 39.9 Å². The zero-order valence-corrected chi connectivity index (χ0v) is 32.4. The number of fused-ring (bicyclic) bond motifs is 2. The highest BCUT2D eigenvalue weighted by atomic mass is 16.6. The summed E-state index contributed by atoms with van der Waals surface area (Å²) in [5, 5.41) is 37.0. The molecule has 9 heteroatoms. The molecule has 0 radical (unpaired) electrons. The van der Waals surface area contributed by atoms with Crippen LogP contribution in [0.5, 0.6) is 0 Å². The Bertz CT molecular complexity index is 1330. The van der Waals surface area contributed by atoms with E-state index in [0.717, 1.165) is 38.5 Å². The van der Waals surface area contributed by atoms with Crippen LogP contribution in [0.4, 0.5) is 4.79 Å². The van der Waals surface area contributed by atoms with Gasteiger partial charge in [-0.2, -0.15) is 0 Å². The second kappa shape index (κ2) is 11.3. The normalized spacial score (nSPS) is 47.7. The van der Waals surface area contributed by atoms with Gasteiger partial charge in [-0.1, -0.05) is 41.5 Å². The van der Waals surface area contributed by atoms with Gasteiger partial charge in [-0.25, -0.2) is 9.59 Å². The fraction of sp³-hybridized carbons (Fsp3) is 0.950. The fourth-order valence-electron chi connectivity index (χ4n) is 13.4. The topological polar surface area (TPSA) is 135 Å². The molecular formula is C40H67NO8. The summed E-state index contributed by atoms with van der Waals surface area (Å²) in [5.74, 6) is -0.545. The third-order valence-electron chi connectivity index (χ3n) is 15.6. The van der Waals surface area contributed by atoms with Gasteiger partial charge in [0.2, 0.25) is 0 Å². The number of carbonyl (C=O) groups is 2. The van der Waals surface area contributed by atoms with E-state index in [-0.39, 0.29) is 56.9 Å². The van der Waals surface area contributed by atoms with Crippen molar-refractivity contribution in [2.24, 2.45) is 50.7 Å². The Morgan fingerprint density at radius 1 is 0.878 bits per heavy atom. The summed E-state index contributed by atoms with van der Waals surface area (Å²) in [4.78, 5) is 27.1. The number of rotatable bonds is 6. The average Bonchev–Trinajstić information content (AvgIpc) is 3.28. The lowest BCUT2D eigenvalue weighted by atomic mass is 9.41. The minimum Gasteiger partial charge on any atom is -0.460 e. The van der Waals surface area contributed by atoms with E-state index < -0.39 is 53.2 Å². The van der Waals surface area contributed by atoms with Crippen molar-refractivity contribution in [2.75, 3.05) is 0 Å². The molecule has 0 aromatic heterocycles. The molecule has 0 bridgehead atoms. The summed E-state index contributed by atoms with van der Waals surface area (Å²) < 4.78 is 19.1. The molecular weight excluding hydrogens is 622 g/mol. The van der Waals surface area contributed by atoms with Crippen LogP contribution in [0.1, 0.15) is 141 Å². The van der Waals surface area contributed by atoms with E-state index in [0.29, 0.717) is 19.3 Å². The number of carbonyl (C=O) groups excluding carboxylic acids is 2. The van der Waals surface area contributed by atoms with Gasteiger partial charge in [-0.15, -0.1) is 0 Å². The van der Waals surface area contributed by atoms with Gasteiger partial charge in [0.05, 0.1) is 29.5 Å². The predicted octanol–water partition coefficient (Wildman–Crippen LogP) is 6.54. The van der Waals surface area contributed by atoms with Gasteiger partial charge in [0, 0.05) is 5.92 Å². The van der Waals surface area contributed by atoms with Crippen LogP contribution in [0.15, 0.2) is 0 Å². The van der Waals surface area contributed by atoms with Crippen LogP contribution in [0.25, 0.3) is 0 Å². The summed E-state index contributed by atoms with van der Waals surface area (Å²) in [6.45, 7) is 24.0. The first-order valence-corrected chi connectivity index (χ1v) is 19.2. The molecule has 1 amide bonds. The van der Waals surface area contributed by atoms with Crippen molar-refractivity contribution in [2.45, 2.75) is 188 Å². The second-order valence-electron chi connectivity index (χ2n) is 20.7. The van der Waals surface area contributed by atoms with Crippen LogP contribution < -0.4 is 5.32 Å². The van der Waals surface area contributed by atoms with Gasteiger partial charge in [0.25, 0.3) is 0 Å². The van der Waals surface area contributed by atoms with Crippen molar-refractivity contribution in [3.05, 3.63) is 0 Å². The third-order valence-corrected chi connectivity index (χ3v) is 15.6. The third kappa shape index (κ3) is 5.43. The average molecular weight is 690 g/mol. The maximum Gasteiger partial charge on any atom is 0.408 e. The quantitative estimate of drug-likeness (QED) is 0.231. The van der Waals surface area contributed by atoms with Gasteiger partial charge < -0.3 is 34.8 Å². The Morgan fingerprint density at radius 2 is 1.53 bits per heavy atom. The summed E-state index contributed by atoms with van der Waals surface area (Å²) >= 11 is 0. The van der Waals surface area contributed by atoms with E-state index in [9.17, 15) is 24.9 Å². The zero-order chi connectivity index (χ0) is 36.5. The minimum absolute atomic E-state index is 0.0203. The molecule has 0 aromatic carbocycles. The lowest BCUT2D eigenvalue weighted by molar-refractivity contribution is -0.214. The molecule has 1 aliphatic heterocycles. The number of aliphatic hydroxyl groups is 3. The molecule has 1 saturated heterocycles. The molecule has 13 atom stereocenters. The van der Waals surface area contributed by atoms with Gasteiger partial charge in [0.1, 0.15) is 17.7 Å². The van der Waals surface area contributed by atoms with Crippen molar-refractivity contribution in [1.82, 2.24) is 5.32 Å². The first-order chi connectivity index (χ1) is 22.3. The predicted molar refractivity (Wildman–Crippen MR) is 186 cm³/mol. The van der Waals surface area contributed by atoms with Crippen molar-refractivity contribution >= 4 is 12.1 Å². The van der Waals surface area contributed by atoms with Gasteiger partial charge in [0.15, 0.2) is 0 Å². The van der Waals surface area contributed by atoms with E-state index in [1.54, 1.807) is 34.6 Å². The molecule has 3 unspecified atom stereocenters. The summed E-state index contributed by atoms with van der Waals surface area (Å²) in [6, 6.07) is -0.883. The number of ether oxygens (including phenoxy) is 3. The molecule has 49 heavy (non-hydrogen) atoms. The number of amides is 1. The Labute approximate surface area is 295 Å². The standard InChI is InChI=1S/C40H67NO8/c1-22(2)28(41-32(45)49-33(3,4)5)31(44)47-24-20-37(11)25-19-23(42)29-34(6,7)26(43)13-16-40(29)21-39(25,40)18-17-36(37,10)30(24)38(12)15-14-27(48-38)35(8,9)46/h22-30,42-43,46H,13-21H2,1-12H3,(H,41,45)/t23-,24-,25?,26-,27-,28?,29-,30-,36+,37-,38+,39?,40+/m0/s1. The molecule has 6 rings (SSSR count). The molecule has 0 aromatic rings. The number of hydrogen-bond donors (Lipinski definition) is 4. The van der Waals surface area contributed by atoms with Gasteiger partial charge >= 0.3 is 12.1 Å². The molecule has 6 aliphatic rings. The monoisotopic (exact) mass is 689 g/mol. The molecule has 280 valence electrons. The Balaban J connectivity index is 1.37. The first kappa shape index (κ1) is 37.3. The van der Waals surface area contributed by atoms with Crippen molar-refractivity contribution in [3.63, 3.8) is 0 Å². The number of nitrogens with one attached hydrogen (secondary N) is 1. The maximum atomic E-state index is 14.2. The molecule has 6 fully saturated rings. The number of esters is 1. The van der Waals surface area contributed by atoms with Crippen molar-refractivity contribution in [1.29, 1.82) is 0 Å². The molecule has 2 spiro atoms. The summed E-state index contributed by atoms with van der Waals surface area (Å²) in [6.07, 6.45) is 5.23. The van der Waals surface area contributed by atoms with Crippen LogP contribution in [-0.2, 0) is 19.0 Å². The lowest BCUT2D eigenvalue weighted by Crippen LogP contribution is -2.62. The van der Waals surface area contributed by atoms with Crippen LogP contribution in [0.3, 0.4) is 0 Å². The summed E-state index contributed by atoms with van der Waals surface area (Å²) in [5.41, 5.74) is -3.14. The largest absolute Gasteiger partial charge is 0.460 e. The number of aliphatic hydroxyl groups excluding tert-OH is 2. The van der Waals surface area contributed by atoms with Crippen LogP contribution in [0, 0.1) is 50.7 Å². The minimum atomic E-state index is -1.01. The lowest BCUT2D eigenvalue weighted by Gasteiger charge is -2.64. The highest BCUT2D eigenvalue weighted by molar-refractivity contribution is 5.82. The van der Waals surface area contributed by atoms with E-state index in [1.807, 2.05) is 13.8 Å². The van der Waals surface area contributed by atoms with Crippen LogP contribution in [0.2, 0.25) is 0 Å². The number of hydrogen-bond acceptors (Lipinski definition) is 8. The van der Waals surface area contributed by atoms with E-state index in [4.69, 9.17) is 14.2 Å². The van der Waals surface area contributed by atoms with Crippen molar-refractivity contribution < 1.29 is 39.1 Å². The molecule has 4 N–H and O–H groups in total. The maximum absolute atomic E-state index is 14.2. The SMILES string of the molecule is CC(C)C(NC(=O)OC(C)(C)C)C(=O)O[C@H]1C[C@@]2(C)C3C[C@H](O)[C@H]4C(C)(C)[C@@H](O)CC[C@@]45CC35CC[C@]2(C)[C@H]1[C@@]1(C)CC[C@@H](C(C)(C)O)O1. The highest BCUT2D eigenvalue weighted by Crippen LogP contribution is 2.89. The van der Waals surface area contributed by atoms with Gasteiger partial charge in [-0.3, -0.25) is 0 Å². The molecule has 1 heterocycles. The van der Waals surface area contributed by atoms with Gasteiger partial charge in [-0.05, 0) is 144 Å². The van der Waals surface area contributed by atoms with E-state index in [1.165, 1.54) is 0 Å². The molecule has 9 nitrogen and oxygen atoms in total. The Morgan fingerprint density at radius 3 is 2.10 bits per heavy atom. The van der Waals surface area contributed by atoms with Crippen LogP contribution >= 0.6 is 0 Å². The molecule has 5 aliphatic carbocycles. The molecule has 5 saturated carbocycles. The zero-order valence-electron chi connectivity index (χ0n) is 32.4. The van der Waals surface area contributed by atoms with Crippen LogP contribution in [-0.4, -0.2) is 74.6 Å². The second-order valence-corrected chi connectivity index (χ2v) is 20.7. The summed E-state index contributed by atoms with van der Waals surface area (Å²) in [7, 11) is 0. The highest BCUT2D eigenvalue weighted by Gasteiger charge is 2.85. The first-order valence-electron chi connectivity index (χ1n) is 19.2. The van der Waals surface area contributed by atoms with Crippen molar-refractivity contribution in [3.8, 4) is 0 Å². The van der Waals surface area contributed by atoms with E-state index >= 15 is 0 Å². The number of alkyl carbamates (subject to hydrolysis) is 1.